The van der Waals surface area contributed by atoms with Crippen molar-refractivity contribution in [1.29, 1.82) is 0 Å². The Morgan fingerprint density at radius 1 is 1.48 bits per heavy atom. The van der Waals surface area contributed by atoms with Crippen molar-refractivity contribution >= 4 is 28.8 Å². The predicted octanol–water partition coefficient (Wildman–Crippen LogP) is 2.51. The Bertz CT molecular complexity index is 831. The first-order valence-corrected chi connectivity index (χ1v) is 10.4. The van der Waals surface area contributed by atoms with Gasteiger partial charge < -0.3 is 20.6 Å². The summed E-state index contributed by atoms with van der Waals surface area (Å²) in [4.78, 5) is 20.5. The van der Waals surface area contributed by atoms with E-state index in [1.807, 2.05) is 24.2 Å². The van der Waals surface area contributed by atoms with E-state index < -0.39 is 6.10 Å². The third-order valence-electron chi connectivity index (χ3n) is 5.21. The molecule has 1 fully saturated rings. The average molecular weight is 407 g/mol. The molecule has 3 aliphatic rings. The van der Waals surface area contributed by atoms with E-state index in [-0.39, 0.29) is 18.0 Å². The second-order valence-electron chi connectivity index (χ2n) is 7.17. The zero-order valence-corrected chi connectivity index (χ0v) is 16.7. The van der Waals surface area contributed by atoms with Crippen molar-refractivity contribution in [2.75, 3.05) is 0 Å². The van der Waals surface area contributed by atoms with Crippen molar-refractivity contribution in [3.8, 4) is 0 Å². The molecular weight excluding hydrogens is 384 g/mol. The van der Waals surface area contributed by atoms with Crippen LogP contribution in [0.15, 0.2) is 41.0 Å². The van der Waals surface area contributed by atoms with Crippen LogP contribution < -0.4 is 10.6 Å². The van der Waals surface area contributed by atoms with E-state index in [9.17, 15) is 9.90 Å². The number of rotatable bonds is 4. The number of aliphatic hydroxyl groups excluding tert-OH is 1. The predicted molar refractivity (Wildman–Crippen MR) is 106 cm³/mol. The van der Waals surface area contributed by atoms with Gasteiger partial charge in [-0.15, -0.1) is 11.3 Å². The van der Waals surface area contributed by atoms with E-state index in [2.05, 4.69) is 15.6 Å². The third-order valence-corrected chi connectivity index (χ3v) is 6.43. The Morgan fingerprint density at radius 2 is 2.30 bits per heavy atom. The first-order chi connectivity index (χ1) is 13.0. The molecule has 1 aromatic rings. The average Bonchev–Trinajstić information content (AvgIpc) is 3.22. The van der Waals surface area contributed by atoms with Crippen LogP contribution >= 0.6 is 22.9 Å². The van der Waals surface area contributed by atoms with E-state index in [0.29, 0.717) is 17.2 Å². The molecule has 0 aromatic carbocycles. The molecule has 3 atom stereocenters. The molecular formula is C19H23ClN4O2S. The van der Waals surface area contributed by atoms with Crippen LogP contribution in [0.3, 0.4) is 0 Å². The van der Waals surface area contributed by atoms with Gasteiger partial charge >= 0.3 is 0 Å². The lowest BCUT2D eigenvalue weighted by molar-refractivity contribution is -0.119. The Hall–Kier alpha value is -1.83. The molecule has 2 aliphatic heterocycles. The van der Waals surface area contributed by atoms with Crippen molar-refractivity contribution in [3.05, 3.63) is 50.9 Å². The van der Waals surface area contributed by atoms with Crippen LogP contribution in [-0.2, 0) is 11.3 Å². The summed E-state index contributed by atoms with van der Waals surface area (Å²) in [5.74, 6) is -0.159. The number of nitrogens with zero attached hydrogens (tertiary/aromatic N) is 2. The molecule has 1 aliphatic carbocycles. The van der Waals surface area contributed by atoms with E-state index in [0.717, 1.165) is 41.3 Å². The van der Waals surface area contributed by atoms with Crippen LogP contribution in [-0.4, -0.2) is 39.1 Å². The number of aromatic nitrogens is 1. The summed E-state index contributed by atoms with van der Waals surface area (Å²) in [6, 6.07) is -0.478. The molecule has 6 nitrogen and oxygen atoms in total. The van der Waals surface area contributed by atoms with Crippen LogP contribution in [0.5, 0.6) is 0 Å². The maximum absolute atomic E-state index is 13.0. The number of dihydropyridines is 1. The van der Waals surface area contributed by atoms with Crippen LogP contribution in [0.25, 0.3) is 0 Å². The SMILES string of the molecule is Cc1cnc(CN2C=C(C(=O)N[C@H]3CCCCC3O)C3NC=CC(Cl)=C32)s1. The maximum atomic E-state index is 13.0. The third kappa shape index (κ3) is 3.77. The molecule has 0 spiro atoms. The number of carbonyl (C=O) groups is 1. The van der Waals surface area contributed by atoms with Gasteiger partial charge in [0, 0.05) is 17.3 Å². The number of fused-ring (bicyclic) bond motifs is 1. The normalized spacial score (nSPS) is 27.3. The number of amides is 1. The molecule has 0 saturated heterocycles. The number of aliphatic hydroxyl groups is 1. The molecule has 1 aromatic heterocycles. The molecule has 4 rings (SSSR count). The number of halogens is 1. The summed E-state index contributed by atoms with van der Waals surface area (Å²) in [6.07, 6.45) is 10.4. The van der Waals surface area contributed by atoms with Crippen LogP contribution in [0, 0.1) is 6.92 Å². The van der Waals surface area contributed by atoms with Gasteiger partial charge in [-0.3, -0.25) is 4.79 Å². The standard InChI is InChI=1S/C19H23ClN4O2S/c1-11-8-22-16(27-11)10-24-9-12(17-18(24)13(20)6-7-21-17)19(26)23-14-4-2-3-5-15(14)25/h6-9,14-15,17,21,25H,2-5,10H2,1H3,(H,23,26)/t14-,15?,17?/m0/s1. The first kappa shape index (κ1) is 18.5. The molecule has 3 heterocycles. The summed E-state index contributed by atoms with van der Waals surface area (Å²) < 4.78 is 0. The second kappa shape index (κ2) is 7.66. The Balaban J connectivity index is 1.56. The number of hydrogen-bond donors (Lipinski definition) is 3. The van der Waals surface area contributed by atoms with Gasteiger partial charge in [-0.05, 0) is 32.0 Å². The fourth-order valence-corrected chi connectivity index (χ4v) is 4.91. The Labute approximate surface area is 167 Å². The minimum absolute atomic E-state index is 0.159. The number of allylic oxidation sites excluding steroid dienone is 2. The van der Waals surface area contributed by atoms with Gasteiger partial charge in [0.1, 0.15) is 5.01 Å². The van der Waals surface area contributed by atoms with E-state index in [1.165, 1.54) is 0 Å². The van der Waals surface area contributed by atoms with E-state index in [1.54, 1.807) is 23.6 Å². The van der Waals surface area contributed by atoms with Gasteiger partial charge in [-0.2, -0.15) is 0 Å². The number of aryl methyl sites for hydroxylation is 1. The van der Waals surface area contributed by atoms with Gasteiger partial charge in [0.25, 0.3) is 5.91 Å². The van der Waals surface area contributed by atoms with Crippen molar-refractivity contribution in [2.45, 2.75) is 57.3 Å². The molecule has 3 N–H and O–H groups in total. The van der Waals surface area contributed by atoms with Crippen molar-refractivity contribution in [3.63, 3.8) is 0 Å². The molecule has 1 amide bonds. The molecule has 0 radical (unpaired) electrons. The van der Waals surface area contributed by atoms with Crippen LogP contribution in [0.1, 0.15) is 35.6 Å². The Kier molecular flexibility index (Phi) is 5.25. The van der Waals surface area contributed by atoms with Crippen molar-refractivity contribution in [1.82, 2.24) is 20.5 Å². The fraction of sp³-hybridized carbons (Fsp3) is 0.474. The lowest BCUT2D eigenvalue weighted by Crippen LogP contribution is -2.47. The highest BCUT2D eigenvalue weighted by Gasteiger charge is 2.38. The quantitative estimate of drug-likeness (QED) is 0.716. The zero-order valence-electron chi connectivity index (χ0n) is 15.1. The lowest BCUT2D eigenvalue weighted by atomic mass is 9.92. The summed E-state index contributed by atoms with van der Waals surface area (Å²) in [7, 11) is 0. The molecule has 1 saturated carbocycles. The fourth-order valence-electron chi connectivity index (χ4n) is 3.84. The lowest BCUT2D eigenvalue weighted by Gasteiger charge is -2.29. The zero-order chi connectivity index (χ0) is 19.0. The topological polar surface area (TPSA) is 77.5 Å². The highest BCUT2D eigenvalue weighted by Crippen LogP contribution is 2.34. The number of nitrogens with one attached hydrogen (secondary N) is 2. The monoisotopic (exact) mass is 406 g/mol. The van der Waals surface area contributed by atoms with Crippen LogP contribution in [0.4, 0.5) is 0 Å². The van der Waals surface area contributed by atoms with Gasteiger partial charge in [0.2, 0.25) is 0 Å². The first-order valence-electron chi connectivity index (χ1n) is 9.24. The number of carbonyl (C=O) groups excluding carboxylic acids is 1. The molecule has 27 heavy (non-hydrogen) atoms. The van der Waals surface area contributed by atoms with Crippen molar-refractivity contribution in [2.24, 2.45) is 0 Å². The summed E-state index contributed by atoms with van der Waals surface area (Å²) >= 11 is 8.09. The second-order valence-corrected chi connectivity index (χ2v) is 8.90. The van der Waals surface area contributed by atoms with E-state index >= 15 is 0 Å². The van der Waals surface area contributed by atoms with Crippen LogP contribution in [0.2, 0.25) is 0 Å². The molecule has 2 unspecified atom stereocenters. The number of hydrogen-bond acceptors (Lipinski definition) is 6. The summed E-state index contributed by atoms with van der Waals surface area (Å²) in [5.41, 5.74) is 1.47. The van der Waals surface area contributed by atoms with Gasteiger partial charge in [0.15, 0.2) is 0 Å². The minimum atomic E-state index is -0.475. The molecule has 0 bridgehead atoms. The number of thiazole rings is 1. The summed E-state index contributed by atoms with van der Waals surface area (Å²) in [6.45, 7) is 2.59. The van der Waals surface area contributed by atoms with Crippen molar-refractivity contribution < 1.29 is 9.90 Å². The minimum Gasteiger partial charge on any atom is -0.391 e. The molecule has 144 valence electrons. The maximum Gasteiger partial charge on any atom is 0.251 e. The largest absolute Gasteiger partial charge is 0.391 e. The van der Waals surface area contributed by atoms with Gasteiger partial charge in [0.05, 0.1) is 41.0 Å². The van der Waals surface area contributed by atoms with Gasteiger partial charge in [-0.1, -0.05) is 24.4 Å². The highest BCUT2D eigenvalue weighted by atomic mass is 35.5. The Morgan fingerprint density at radius 3 is 3.04 bits per heavy atom. The highest BCUT2D eigenvalue weighted by molar-refractivity contribution is 7.11. The smallest absolute Gasteiger partial charge is 0.251 e. The van der Waals surface area contributed by atoms with E-state index in [4.69, 9.17) is 11.6 Å². The molecule has 8 heteroatoms. The summed E-state index contributed by atoms with van der Waals surface area (Å²) in [5, 5.41) is 18.0. The van der Waals surface area contributed by atoms with Gasteiger partial charge in [-0.25, -0.2) is 4.98 Å².